The number of halogens is 3. The van der Waals surface area contributed by atoms with E-state index in [-0.39, 0.29) is 29.2 Å². The first-order valence-corrected chi connectivity index (χ1v) is 10.3. The number of carbonyl (C=O) groups excluding carboxylic acids is 3. The molecule has 176 valence electrons. The Morgan fingerprint density at radius 2 is 1.67 bits per heavy atom. The van der Waals surface area contributed by atoms with Gasteiger partial charge in [-0.15, -0.1) is 0 Å². The maximum atomic E-state index is 12.8. The number of ether oxygens (including phenoxy) is 1. The molecule has 0 atom stereocenters. The fraction of sp³-hybridized carbons (Fsp3) is 0.273. The van der Waals surface area contributed by atoms with Crippen molar-refractivity contribution in [2.45, 2.75) is 32.4 Å². The fourth-order valence-corrected chi connectivity index (χ4v) is 2.77. The van der Waals surface area contributed by atoms with E-state index in [1.54, 1.807) is 0 Å². The number of anilines is 2. The van der Waals surface area contributed by atoms with E-state index in [0.29, 0.717) is 18.7 Å². The number of hydrogen-bond acceptors (Lipinski definition) is 5. The van der Waals surface area contributed by atoms with Gasteiger partial charge in [0.25, 0.3) is 5.91 Å². The van der Waals surface area contributed by atoms with E-state index in [0.717, 1.165) is 12.1 Å². The Hall–Kier alpha value is -3.47. The Morgan fingerprint density at radius 1 is 0.970 bits per heavy atom. The van der Waals surface area contributed by atoms with Crippen molar-refractivity contribution in [3.8, 4) is 0 Å². The van der Waals surface area contributed by atoms with Crippen LogP contribution in [0.4, 0.5) is 24.5 Å². The van der Waals surface area contributed by atoms with Crippen LogP contribution in [0.2, 0.25) is 0 Å². The summed E-state index contributed by atoms with van der Waals surface area (Å²) in [4.78, 5) is 35.6. The van der Waals surface area contributed by atoms with Crippen LogP contribution >= 0.6 is 12.2 Å². The van der Waals surface area contributed by atoms with Gasteiger partial charge in [0.2, 0.25) is 5.91 Å². The van der Waals surface area contributed by atoms with Crippen molar-refractivity contribution < 1.29 is 32.3 Å². The van der Waals surface area contributed by atoms with Crippen molar-refractivity contribution in [1.29, 1.82) is 0 Å². The molecule has 3 N–H and O–H groups in total. The Kier molecular flexibility index (Phi) is 9.34. The molecule has 2 rings (SSSR count). The molecule has 0 saturated carbocycles. The molecule has 2 amide bonds. The Bertz CT molecular complexity index is 1010. The summed E-state index contributed by atoms with van der Waals surface area (Å²) in [5, 5.41) is 7.61. The molecule has 7 nitrogen and oxygen atoms in total. The average molecular weight is 481 g/mol. The van der Waals surface area contributed by atoms with Gasteiger partial charge >= 0.3 is 12.1 Å². The van der Waals surface area contributed by atoms with Crippen LogP contribution in [0.25, 0.3) is 0 Å². The van der Waals surface area contributed by atoms with Crippen LogP contribution in [0.1, 0.15) is 42.1 Å². The molecule has 0 fully saturated rings. The molecule has 0 heterocycles. The predicted molar refractivity (Wildman–Crippen MR) is 121 cm³/mol. The van der Waals surface area contributed by atoms with Gasteiger partial charge in [0.05, 0.1) is 18.6 Å². The molecule has 2 aromatic rings. The Morgan fingerprint density at radius 3 is 2.30 bits per heavy atom. The number of benzene rings is 2. The lowest BCUT2D eigenvalue weighted by atomic mass is 10.1. The van der Waals surface area contributed by atoms with Crippen LogP contribution in [-0.2, 0) is 20.5 Å². The number of nitrogens with one attached hydrogen (secondary N) is 3. The van der Waals surface area contributed by atoms with Crippen molar-refractivity contribution in [2.24, 2.45) is 0 Å². The first-order chi connectivity index (χ1) is 15.6. The number of alkyl halides is 3. The third kappa shape index (κ3) is 8.89. The van der Waals surface area contributed by atoms with Crippen LogP contribution in [-0.4, -0.2) is 29.5 Å². The minimum absolute atomic E-state index is 0.00286. The van der Waals surface area contributed by atoms with Crippen molar-refractivity contribution in [3.05, 3.63) is 59.7 Å². The average Bonchev–Trinajstić information content (AvgIpc) is 2.76. The van der Waals surface area contributed by atoms with Gasteiger partial charge in [-0.25, -0.2) is 0 Å². The third-order valence-corrected chi connectivity index (χ3v) is 4.33. The molecule has 0 radical (unpaired) electrons. The second-order valence-electron chi connectivity index (χ2n) is 6.83. The maximum Gasteiger partial charge on any atom is 0.416 e. The molecule has 0 aromatic heterocycles. The van der Waals surface area contributed by atoms with Crippen molar-refractivity contribution in [1.82, 2.24) is 5.32 Å². The van der Waals surface area contributed by atoms with Gasteiger partial charge in [-0.05, 0) is 61.1 Å². The van der Waals surface area contributed by atoms with E-state index in [4.69, 9.17) is 17.0 Å². The molecule has 0 bridgehead atoms. The summed E-state index contributed by atoms with van der Waals surface area (Å²) in [5.41, 5.74) is -0.176. The van der Waals surface area contributed by atoms with Crippen LogP contribution in [0, 0.1) is 0 Å². The number of thiocarbonyl (C=S) groups is 1. The summed E-state index contributed by atoms with van der Waals surface area (Å²) < 4.78 is 43.3. The summed E-state index contributed by atoms with van der Waals surface area (Å²) in [6.45, 7) is 2.16. The van der Waals surface area contributed by atoms with E-state index in [1.165, 1.54) is 36.4 Å². The molecule has 0 saturated heterocycles. The van der Waals surface area contributed by atoms with Crippen molar-refractivity contribution >= 4 is 46.5 Å². The van der Waals surface area contributed by atoms with E-state index in [1.807, 2.05) is 6.92 Å². The van der Waals surface area contributed by atoms with Crippen molar-refractivity contribution in [3.63, 3.8) is 0 Å². The van der Waals surface area contributed by atoms with Gasteiger partial charge < -0.3 is 20.7 Å². The molecule has 11 heteroatoms. The second kappa shape index (κ2) is 12.0. The minimum atomic E-state index is -4.51. The summed E-state index contributed by atoms with van der Waals surface area (Å²) in [6.07, 6.45) is -3.97. The molecule has 33 heavy (non-hydrogen) atoms. The van der Waals surface area contributed by atoms with E-state index >= 15 is 0 Å². The van der Waals surface area contributed by atoms with Gasteiger partial charge in [0.15, 0.2) is 5.11 Å². The summed E-state index contributed by atoms with van der Waals surface area (Å²) in [7, 11) is 0. The van der Waals surface area contributed by atoms with Gasteiger partial charge in [-0.1, -0.05) is 13.0 Å². The summed E-state index contributed by atoms with van der Waals surface area (Å²) in [5.74, 6) is -1.52. The van der Waals surface area contributed by atoms with Gasteiger partial charge in [0, 0.05) is 23.4 Å². The molecule has 0 aliphatic rings. The topological polar surface area (TPSA) is 96.5 Å². The highest BCUT2D eigenvalue weighted by atomic mass is 32.1. The summed E-state index contributed by atoms with van der Waals surface area (Å²) >= 11 is 5.05. The lowest BCUT2D eigenvalue weighted by molar-refractivity contribution is -0.144. The maximum absolute atomic E-state index is 12.8. The third-order valence-electron chi connectivity index (χ3n) is 4.13. The second-order valence-corrected chi connectivity index (χ2v) is 7.24. The SMILES string of the molecule is CCCOC(=O)CCC(=O)NC(=S)Nc1ccc(C(=O)Nc2cccc(C(F)(F)F)c2)cc1. The highest BCUT2D eigenvalue weighted by molar-refractivity contribution is 7.80. The number of amides is 2. The Labute approximate surface area is 193 Å². The molecular formula is C22H22F3N3O4S. The smallest absolute Gasteiger partial charge is 0.416 e. The van der Waals surface area contributed by atoms with E-state index in [9.17, 15) is 27.6 Å². The molecule has 0 spiro atoms. The standard InChI is InChI=1S/C22H22F3N3O4S/c1-2-12-32-19(30)11-10-18(29)28-21(33)27-16-8-6-14(7-9-16)20(31)26-17-5-3-4-15(13-17)22(23,24)25/h3-9,13H,2,10-12H2,1H3,(H,26,31)(H2,27,28,29,33). The van der Waals surface area contributed by atoms with Crippen LogP contribution in [0.15, 0.2) is 48.5 Å². The lowest BCUT2D eigenvalue weighted by Gasteiger charge is -2.11. The first kappa shape index (κ1) is 25.8. The van der Waals surface area contributed by atoms with E-state index < -0.39 is 29.5 Å². The fourth-order valence-electron chi connectivity index (χ4n) is 2.54. The van der Waals surface area contributed by atoms with Gasteiger partial charge in [-0.3, -0.25) is 14.4 Å². The minimum Gasteiger partial charge on any atom is -0.466 e. The molecule has 2 aromatic carbocycles. The number of hydrogen-bond donors (Lipinski definition) is 3. The lowest BCUT2D eigenvalue weighted by Crippen LogP contribution is -2.34. The highest BCUT2D eigenvalue weighted by Gasteiger charge is 2.30. The van der Waals surface area contributed by atoms with E-state index in [2.05, 4.69) is 16.0 Å². The predicted octanol–water partition coefficient (Wildman–Crippen LogP) is 4.50. The number of rotatable bonds is 8. The zero-order valence-electron chi connectivity index (χ0n) is 17.6. The summed E-state index contributed by atoms with van der Waals surface area (Å²) in [6, 6.07) is 10.2. The molecule has 0 aliphatic heterocycles. The van der Waals surface area contributed by atoms with Crippen LogP contribution in [0.5, 0.6) is 0 Å². The largest absolute Gasteiger partial charge is 0.466 e. The zero-order valence-corrected chi connectivity index (χ0v) is 18.4. The highest BCUT2D eigenvalue weighted by Crippen LogP contribution is 2.30. The zero-order chi connectivity index (χ0) is 24.4. The van der Waals surface area contributed by atoms with Gasteiger partial charge in [0.1, 0.15) is 0 Å². The first-order valence-electron chi connectivity index (χ1n) is 9.93. The van der Waals surface area contributed by atoms with Gasteiger partial charge in [-0.2, -0.15) is 13.2 Å². The number of carbonyl (C=O) groups is 3. The molecule has 0 unspecified atom stereocenters. The van der Waals surface area contributed by atoms with Crippen molar-refractivity contribution in [2.75, 3.05) is 17.2 Å². The molecule has 0 aliphatic carbocycles. The quantitative estimate of drug-likeness (QED) is 0.379. The molecular weight excluding hydrogens is 459 g/mol. The van der Waals surface area contributed by atoms with Crippen LogP contribution in [0.3, 0.4) is 0 Å². The van der Waals surface area contributed by atoms with Crippen LogP contribution < -0.4 is 16.0 Å². The number of esters is 1. The monoisotopic (exact) mass is 481 g/mol. The normalized spacial score (nSPS) is 10.8. The Balaban J connectivity index is 1.85.